The van der Waals surface area contributed by atoms with Crippen LogP contribution in [-0.2, 0) is 24.1 Å². The van der Waals surface area contributed by atoms with Crippen LogP contribution in [0.5, 0.6) is 0 Å². The number of carbonyl (C=O) groups is 2. The molecule has 5 N–H and O–H groups in total. The van der Waals surface area contributed by atoms with Gasteiger partial charge < -0.3 is 30.3 Å². The summed E-state index contributed by atoms with van der Waals surface area (Å²) in [5.41, 5.74) is -0.877. The van der Waals surface area contributed by atoms with Crippen molar-refractivity contribution in [2.24, 2.45) is 0 Å². The molecule has 1 rings (SSSR count). The Kier molecular flexibility index (Phi) is 16.5. The van der Waals surface area contributed by atoms with Crippen molar-refractivity contribution in [3.63, 3.8) is 0 Å². The first-order valence-corrected chi connectivity index (χ1v) is 13.5. The summed E-state index contributed by atoms with van der Waals surface area (Å²) in [6, 6.07) is 0. The Morgan fingerprint density at radius 3 is 1.97 bits per heavy atom. The standard InChI is InChI=1S/C27H46O10/c1-3-4-5-6-7-8-9-10-11-12-13-14-15-16-17-18-22(29)36-37-26(33)20(2)27(34)25(32)24(31)23(30)21(19-28)35-27/h10-11,21,23-25,28,30-32,34H,2-9,12-19H2,1H3/b11-10-/t21-,23-,24+,25-,27?/m1/s1. The van der Waals surface area contributed by atoms with Gasteiger partial charge in [0.25, 0.3) is 0 Å². The number of aliphatic hydroxyl groups excluding tert-OH is 4. The van der Waals surface area contributed by atoms with E-state index in [1.165, 1.54) is 38.5 Å². The van der Waals surface area contributed by atoms with Crippen LogP contribution in [0.1, 0.15) is 96.8 Å². The second-order valence-corrected chi connectivity index (χ2v) is 9.60. The lowest BCUT2D eigenvalue weighted by Crippen LogP contribution is -2.66. The third-order valence-electron chi connectivity index (χ3n) is 6.50. The van der Waals surface area contributed by atoms with Gasteiger partial charge in [0.05, 0.1) is 18.6 Å². The quantitative estimate of drug-likeness (QED) is 0.0585. The van der Waals surface area contributed by atoms with Crippen molar-refractivity contribution in [2.75, 3.05) is 6.61 Å². The first-order chi connectivity index (χ1) is 17.7. The topological polar surface area (TPSA) is 163 Å². The Balaban J connectivity index is 2.15. The van der Waals surface area contributed by atoms with E-state index in [0.29, 0.717) is 6.42 Å². The molecule has 1 fully saturated rings. The number of allylic oxidation sites excluding steroid dienone is 2. The van der Waals surface area contributed by atoms with Gasteiger partial charge in [-0.2, -0.15) is 0 Å². The maximum atomic E-state index is 12.1. The van der Waals surface area contributed by atoms with E-state index in [2.05, 4.69) is 35.4 Å². The van der Waals surface area contributed by atoms with Crippen LogP contribution in [0.2, 0.25) is 0 Å². The predicted molar refractivity (Wildman–Crippen MR) is 136 cm³/mol. The molecule has 0 aromatic rings. The Morgan fingerprint density at radius 1 is 0.865 bits per heavy atom. The van der Waals surface area contributed by atoms with Crippen LogP contribution < -0.4 is 0 Å². The van der Waals surface area contributed by atoms with Gasteiger partial charge in [-0.25, -0.2) is 19.4 Å². The molecule has 5 atom stereocenters. The second kappa shape index (κ2) is 18.4. The average Bonchev–Trinajstić information content (AvgIpc) is 2.89. The van der Waals surface area contributed by atoms with Gasteiger partial charge >= 0.3 is 11.9 Å². The summed E-state index contributed by atoms with van der Waals surface area (Å²) >= 11 is 0. The number of carbonyl (C=O) groups excluding carboxylic acids is 2. The fraction of sp³-hybridized carbons (Fsp3) is 0.778. The van der Waals surface area contributed by atoms with Crippen molar-refractivity contribution in [1.29, 1.82) is 0 Å². The highest BCUT2D eigenvalue weighted by Crippen LogP contribution is 2.33. The van der Waals surface area contributed by atoms with Gasteiger partial charge in [-0.05, 0) is 32.1 Å². The van der Waals surface area contributed by atoms with Gasteiger partial charge in [0.2, 0.25) is 5.79 Å². The summed E-state index contributed by atoms with van der Waals surface area (Å²) in [7, 11) is 0. The van der Waals surface area contributed by atoms with Gasteiger partial charge in [-0.15, -0.1) is 0 Å². The van der Waals surface area contributed by atoms with Crippen molar-refractivity contribution >= 4 is 11.9 Å². The van der Waals surface area contributed by atoms with E-state index >= 15 is 0 Å². The van der Waals surface area contributed by atoms with Crippen LogP contribution in [0.3, 0.4) is 0 Å². The highest BCUT2D eigenvalue weighted by Gasteiger charge is 2.56. The molecule has 0 spiro atoms. The fourth-order valence-corrected chi connectivity index (χ4v) is 4.07. The third kappa shape index (κ3) is 11.6. The van der Waals surface area contributed by atoms with E-state index in [-0.39, 0.29) is 6.42 Å². The SMILES string of the molecule is C=C(C(=O)OOC(=O)CCCCCCC/C=C\CCCCCCCC)C1(O)O[C@H](CO)[C@@H](O)[C@H](O)[C@H]1O. The molecule has 1 aliphatic rings. The van der Waals surface area contributed by atoms with Crippen molar-refractivity contribution < 1.29 is 49.6 Å². The highest BCUT2D eigenvalue weighted by atomic mass is 17.2. The summed E-state index contributed by atoms with van der Waals surface area (Å²) in [5, 5.41) is 49.3. The molecule has 1 saturated heterocycles. The molecular formula is C27H46O10. The normalized spacial score (nSPS) is 25.8. The molecule has 214 valence electrons. The Bertz CT molecular complexity index is 707. The van der Waals surface area contributed by atoms with Gasteiger partial charge in [0, 0.05) is 0 Å². The monoisotopic (exact) mass is 530 g/mol. The molecule has 1 heterocycles. The second-order valence-electron chi connectivity index (χ2n) is 9.60. The molecule has 0 saturated carbocycles. The first kappa shape index (κ1) is 33.2. The van der Waals surface area contributed by atoms with Crippen LogP contribution in [0, 0.1) is 0 Å². The predicted octanol–water partition coefficient (Wildman–Crippen LogP) is 2.74. The van der Waals surface area contributed by atoms with Gasteiger partial charge in [-0.3, -0.25) is 0 Å². The molecule has 37 heavy (non-hydrogen) atoms. The first-order valence-electron chi connectivity index (χ1n) is 13.5. The van der Waals surface area contributed by atoms with Crippen molar-refractivity contribution in [3.8, 4) is 0 Å². The summed E-state index contributed by atoms with van der Waals surface area (Å²) in [5.74, 6) is -5.07. The number of rotatable bonds is 18. The number of aliphatic hydroxyl groups is 5. The zero-order valence-electron chi connectivity index (χ0n) is 22.1. The zero-order chi connectivity index (χ0) is 27.7. The number of ether oxygens (including phenoxy) is 1. The van der Waals surface area contributed by atoms with Crippen molar-refractivity contribution in [2.45, 2.75) is 127 Å². The minimum Gasteiger partial charge on any atom is -0.394 e. The maximum absolute atomic E-state index is 12.1. The third-order valence-corrected chi connectivity index (χ3v) is 6.50. The van der Waals surface area contributed by atoms with Crippen LogP contribution >= 0.6 is 0 Å². The van der Waals surface area contributed by atoms with E-state index in [0.717, 1.165) is 38.5 Å². The Labute approximate surface area is 219 Å². The number of hydrogen-bond acceptors (Lipinski definition) is 10. The minimum atomic E-state index is -2.86. The summed E-state index contributed by atoms with van der Waals surface area (Å²) in [4.78, 5) is 32.8. The highest BCUT2D eigenvalue weighted by molar-refractivity contribution is 5.90. The fourth-order valence-electron chi connectivity index (χ4n) is 4.07. The lowest BCUT2D eigenvalue weighted by atomic mass is 9.88. The van der Waals surface area contributed by atoms with E-state index in [9.17, 15) is 35.1 Å². The lowest BCUT2D eigenvalue weighted by molar-refractivity contribution is -0.334. The molecular weight excluding hydrogens is 484 g/mol. The molecule has 0 aromatic carbocycles. The molecule has 0 aliphatic carbocycles. The van der Waals surface area contributed by atoms with E-state index in [1.54, 1.807) is 0 Å². The molecule has 1 unspecified atom stereocenters. The smallest absolute Gasteiger partial charge is 0.387 e. The summed E-state index contributed by atoms with van der Waals surface area (Å²) < 4.78 is 4.97. The van der Waals surface area contributed by atoms with Crippen LogP contribution in [0.25, 0.3) is 0 Å². The largest absolute Gasteiger partial charge is 0.394 e. The van der Waals surface area contributed by atoms with Crippen LogP contribution in [0.15, 0.2) is 24.3 Å². The molecule has 0 radical (unpaired) electrons. The van der Waals surface area contributed by atoms with Gasteiger partial charge in [-0.1, -0.05) is 77.0 Å². The summed E-state index contributed by atoms with van der Waals surface area (Å²) in [6.07, 6.45) is 11.7. The van der Waals surface area contributed by atoms with Crippen LogP contribution in [-0.4, -0.2) is 74.3 Å². The summed E-state index contributed by atoms with van der Waals surface area (Å²) in [6.45, 7) is 4.68. The van der Waals surface area contributed by atoms with Crippen molar-refractivity contribution in [3.05, 3.63) is 24.3 Å². The number of unbranched alkanes of at least 4 members (excludes halogenated alkanes) is 11. The average molecular weight is 531 g/mol. The van der Waals surface area contributed by atoms with E-state index in [4.69, 9.17) is 4.74 Å². The van der Waals surface area contributed by atoms with E-state index in [1.807, 2.05) is 0 Å². The van der Waals surface area contributed by atoms with Crippen molar-refractivity contribution in [1.82, 2.24) is 0 Å². The molecule has 0 bridgehead atoms. The molecule has 10 nitrogen and oxygen atoms in total. The van der Waals surface area contributed by atoms with Gasteiger partial charge in [0.15, 0.2) is 0 Å². The number of hydrogen-bond donors (Lipinski definition) is 5. The van der Waals surface area contributed by atoms with Gasteiger partial charge in [0.1, 0.15) is 24.4 Å². The Hall–Kier alpha value is -1.82. The maximum Gasteiger partial charge on any atom is 0.387 e. The van der Waals surface area contributed by atoms with E-state index < -0.39 is 54.3 Å². The minimum absolute atomic E-state index is 0.0266. The lowest BCUT2D eigenvalue weighted by Gasteiger charge is -2.45. The molecule has 0 amide bonds. The van der Waals surface area contributed by atoms with Crippen LogP contribution in [0.4, 0.5) is 0 Å². The molecule has 10 heteroatoms. The Morgan fingerprint density at radius 2 is 1.41 bits per heavy atom. The molecule has 1 aliphatic heterocycles. The zero-order valence-corrected chi connectivity index (χ0v) is 22.1. The molecule has 0 aromatic heterocycles.